The molecule has 0 aromatic heterocycles. The number of carbonyl (C=O) groups excluding carboxylic acids is 1. The number of ether oxygens (including phenoxy) is 2. The molecule has 4 heteroatoms. The number of hydrogen-bond donors (Lipinski definition) is 0. The van der Waals surface area contributed by atoms with Crippen molar-refractivity contribution in [1.29, 1.82) is 0 Å². The maximum Gasteiger partial charge on any atom is 0.252 e. The van der Waals surface area contributed by atoms with Gasteiger partial charge < -0.3 is 14.4 Å². The molecule has 0 unspecified atom stereocenters. The molecule has 4 nitrogen and oxygen atoms in total. The van der Waals surface area contributed by atoms with E-state index in [9.17, 15) is 4.79 Å². The summed E-state index contributed by atoms with van der Waals surface area (Å²) < 4.78 is 11.1. The van der Waals surface area contributed by atoms with Crippen LogP contribution >= 0.6 is 0 Å². The van der Waals surface area contributed by atoms with Crippen LogP contribution in [0.15, 0.2) is 11.1 Å². The van der Waals surface area contributed by atoms with Crippen LogP contribution in [0.3, 0.4) is 0 Å². The lowest BCUT2D eigenvalue weighted by Crippen LogP contribution is -2.38. The predicted octanol–water partition coefficient (Wildman–Crippen LogP) is 2.49. The molecule has 0 fully saturated rings. The molecule has 1 aliphatic carbocycles. The smallest absolute Gasteiger partial charge is 0.252 e. The van der Waals surface area contributed by atoms with Gasteiger partial charge in [0.25, 0.3) is 5.91 Å². The topological polar surface area (TPSA) is 38.8 Å². The lowest BCUT2D eigenvalue weighted by molar-refractivity contribution is -0.133. The summed E-state index contributed by atoms with van der Waals surface area (Å²) in [6.45, 7) is 5.47. The molecule has 1 heterocycles. The highest BCUT2D eigenvalue weighted by Crippen LogP contribution is 2.36. The zero-order chi connectivity index (χ0) is 13.8. The van der Waals surface area contributed by atoms with E-state index in [4.69, 9.17) is 9.47 Å². The third-order valence-corrected chi connectivity index (χ3v) is 3.83. The lowest BCUT2D eigenvalue weighted by atomic mass is 9.93. The molecular formula is C15H25NO3. The van der Waals surface area contributed by atoms with Crippen molar-refractivity contribution >= 4 is 5.91 Å². The maximum absolute atomic E-state index is 12.4. The molecule has 0 aromatic carbocycles. The molecule has 1 amide bonds. The maximum atomic E-state index is 12.4. The van der Waals surface area contributed by atoms with Crippen LogP contribution in [0.1, 0.15) is 46.0 Å². The van der Waals surface area contributed by atoms with E-state index in [0.29, 0.717) is 6.61 Å². The SMILES string of the molecule is CO[C@@H]1C2=C(CCCC2)C(=O)N1CCCOC(C)C. The Morgan fingerprint density at radius 1 is 1.32 bits per heavy atom. The molecular weight excluding hydrogens is 242 g/mol. The molecule has 19 heavy (non-hydrogen) atoms. The fraction of sp³-hybridized carbons (Fsp3) is 0.800. The Hall–Kier alpha value is -0.870. The summed E-state index contributed by atoms with van der Waals surface area (Å²) in [4.78, 5) is 14.3. The second kappa shape index (κ2) is 6.53. The van der Waals surface area contributed by atoms with Crippen molar-refractivity contribution in [2.45, 2.75) is 58.3 Å². The molecule has 0 saturated carbocycles. The molecule has 0 bridgehead atoms. The van der Waals surface area contributed by atoms with Crippen LogP contribution in [0.5, 0.6) is 0 Å². The first-order chi connectivity index (χ1) is 9.15. The third-order valence-electron chi connectivity index (χ3n) is 3.83. The molecule has 0 spiro atoms. The predicted molar refractivity (Wildman–Crippen MR) is 73.7 cm³/mol. The molecule has 0 radical (unpaired) electrons. The third kappa shape index (κ3) is 3.18. The minimum atomic E-state index is -0.123. The Labute approximate surface area is 115 Å². The van der Waals surface area contributed by atoms with Crippen molar-refractivity contribution < 1.29 is 14.3 Å². The van der Waals surface area contributed by atoms with Gasteiger partial charge in [-0.25, -0.2) is 0 Å². The summed E-state index contributed by atoms with van der Waals surface area (Å²) in [6.07, 6.45) is 5.23. The van der Waals surface area contributed by atoms with Crippen molar-refractivity contribution in [1.82, 2.24) is 4.90 Å². The van der Waals surface area contributed by atoms with Crippen LogP contribution in [-0.2, 0) is 14.3 Å². The van der Waals surface area contributed by atoms with E-state index in [-0.39, 0.29) is 18.2 Å². The van der Waals surface area contributed by atoms with Crippen LogP contribution in [0.2, 0.25) is 0 Å². The minimum Gasteiger partial charge on any atom is -0.379 e. The standard InChI is InChI=1S/C15H25NO3/c1-11(2)19-10-6-9-16-14(17)12-7-4-5-8-13(12)15(16)18-3/h11,15H,4-10H2,1-3H3/t15-/m1/s1. The summed E-state index contributed by atoms with van der Waals surface area (Å²) in [5.41, 5.74) is 2.24. The van der Waals surface area contributed by atoms with Gasteiger partial charge in [0, 0.05) is 25.8 Å². The summed E-state index contributed by atoms with van der Waals surface area (Å²) in [6, 6.07) is 0. The molecule has 2 rings (SSSR count). The van der Waals surface area contributed by atoms with Gasteiger partial charge in [-0.15, -0.1) is 0 Å². The van der Waals surface area contributed by atoms with Crippen LogP contribution in [0, 0.1) is 0 Å². The molecule has 1 atom stereocenters. The van der Waals surface area contributed by atoms with Crippen molar-refractivity contribution in [3.05, 3.63) is 11.1 Å². The number of amides is 1. The highest BCUT2D eigenvalue weighted by Gasteiger charge is 2.39. The Balaban J connectivity index is 1.92. The van der Waals surface area contributed by atoms with E-state index in [1.54, 1.807) is 7.11 Å². The lowest BCUT2D eigenvalue weighted by Gasteiger charge is -2.26. The molecule has 1 aliphatic heterocycles. The number of rotatable bonds is 6. The van der Waals surface area contributed by atoms with Crippen molar-refractivity contribution in [3.8, 4) is 0 Å². The first kappa shape index (κ1) is 14.5. The fourth-order valence-corrected chi connectivity index (χ4v) is 2.96. The van der Waals surface area contributed by atoms with Crippen LogP contribution < -0.4 is 0 Å². The highest BCUT2D eigenvalue weighted by molar-refractivity contribution is 5.97. The van der Waals surface area contributed by atoms with Crippen molar-refractivity contribution in [2.24, 2.45) is 0 Å². The van der Waals surface area contributed by atoms with Gasteiger partial charge in [0.15, 0.2) is 6.23 Å². The molecule has 2 aliphatic rings. The molecule has 108 valence electrons. The summed E-state index contributed by atoms with van der Waals surface area (Å²) in [5, 5.41) is 0. The van der Waals surface area contributed by atoms with Crippen molar-refractivity contribution in [2.75, 3.05) is 20.3 Å². The van der Waals surface area contributed by atoms with Gasteiger partial charge in [-0.05, 0) is 51.5 Å². The van der Waals surface area contributed by atoms with E-state index in [1.807, 2.05) is 18.7 Å². The summed E-state index contributed by atoms with van der Waals surface area (Å²) >= 11 is 0. The fourth-order valence-electron chi connectivity index (χ4n) is 2.96. The van der Waals surface area contributed by atoms with E-state index < -0.39 is 0 Å². The van der Waals surface area contributed by atoms with E-state index >= 15 is 0 Å². The minimum absolute atomic E-state index is 0.123. The monoisotopic (exact) mass is 267 g/mol. The van der Waals surface area contributed by atoms with Gasteiger partial charge in [0.2, 0.25) is 0 Å². The number of nitrogens with zero attached hydrogens (tertiary/aromatic N) is 1. The van der Waals surface area contributed by atoms with Gasteiger partial charge in [0.1, 0.15) is 0 Å². The zero-order valence-electron chi connectivity index (χ0n) is 12.3. The van der Waals surface area contributed by atoms with Crippen LogP contribution in [-0.4, -0.2) is 43.4 Å². The average molecular weight is 267 g/mol. The number of carbonyl (C=O) groups is 1. The van der Waals surface area contributed by atoms with E-state index in [2.05, 4.69) is 0 Å². The Kier molecular flexibility index (Phi) is 4.99. The largest absolute Gasteiger partial charge is 0.379 e. The number of methoxy groups -OCH3 is 1. The quantitative estimate of drug-likeness (QED) is 0.694. The second-order valence-corrected chi connectivity index (χ2v) is 5.57. The summed E-state index contributed by atoms with van der Waals surface area (Å²) in [5.74, 6) is 0.186. The van der Waals surface area contributed by atoms with E-state index in [1.165, 1.54) is 12.0 Å². The van der Waals surface area contributed by atoms with Crippen LogP contribution in [0.25, 0.3) is 0 Å². The Morgan fingerprint density at radius 2 is 2.05 bits per heavy atom. The average Bonchev–Trinajstić information content (AvgIpc) is 2.67. The van der Waals surface area contributed by atoms with Gasteiger partial charge in [0.05, 0.1) is 6.10 Å². The summed E-state index contributed by atoms with van der Waals surface area (Å²) in [7, 11) is 1.69. The van der Waals surface area contributed by atoms with Crippen molar-refractivity contribution in [3.63, 3.8) is 0 Å². The van der Waals surface area contributed by atoms with Gasteiger partial charge in [-0.3, -0.25) is 4.79 Å². The first-order valence-electron chi connectivity index (χ1n) is 7.32. The molecule has 0 N–H and O–H groups in total. The normalized spacial score (nSPS) is 23.5. The Morgan fingerprint density at radius 3 is 2.74 bits per heavy atom. The van der Waals surface area contributed by atoms with Gasteiger partial charge in [-0.2, -0.15) is 0 Å². The van der Waals surface area contributed by atoms with Crippen LogP contribution in [0.4, 0.5) is 0 Å². The first-order valence-corrected chi connectivity index (χ1v) is 7.32. The van der Waals surface area contributed by atoms with E-state index in [0.717, 1.165) is 37.8 Å². The number of hydrogen-bond acceptors (Lipinski definition) is 3. The second-order valence-electron chi connectivity index (χ2n) is 5.57. The Bertz CT molecular complexity index is 362. The zero-order valence-corrected chi connectivity index (χ0v) is 12.3. The molecule has 0 aromatic rings. The van der Waals surface area contributed by atoms with Gasteiger partial charge >= 0.3 is 0 Å². The molecule has 0 saturated heterocycles. The van der Waals surface area contributed by atoms with Gasteiger partial charge in [-0.1, -0.05) is 0 Å². The highest BCUT2D eigenvalue weighted by atomic mass is 16.5.